The standard InChI is InChI=1S/C26H26FN3O3/c1-15(2)17-9-13-20(14-10-17)28-26(32)24-16(3)23-21(5-4-6-22(23)33-24)29-30-25(31)18-7-11-19(27)12-8-18/h7-15H,4-6H2,1-3H3,(H,28,32)(H,30,31)/b29-21+. The van der Waals surface area contributed by atoms with Gasteiger partial charge in [-0.3, -0.25) is 9.59 Å². The fourth-order valence-corrected chi connectivity index (χ4v) is 3.92. The zero-order valence-corrected chi connectivity index (χ0v) is 18.9. The van der Waals surface area contributed by atoms with Crippen LogP contribution in [0.1, 0.15) is 76.0 Å². The number of aryl methyl sites for hydroxylation is 1. The Hall–Kier alpha value is -3.74. The molecule has 1 aliphatic rings. The largest absolute Gasteiger partial charge is 0.455 e. The number of fused-ring (bicyclic) bond motifs is 1. The van der Waals surface area contributed by atoms with Crippen molar-refractivity contribution in [2.24, 2.45) is 5.10 Å². The van der Waals surface area contributed by atoms with Crippen LogP contribution in [0.3, 0.4) is 0 Å². The number of hydrogen-bond donors (Lipinski definition) is 2. The monoisotopic (exact) mass is 447 g/mol. The van der Waals surface area contributed by atoms with E-state index < -0.39 is 11.7 Å². The van der Waals surface area contributed by atoms with Gasteiger partial charge in [0, 0.05) is 28.8 Å². The number of carbonyl (C=O) groups is 2. The van der Waals surface area contributed by atoms with Crippen molar-refractivity contribution in [1.82, 2.24) is 5.43 Å². The average molecular weight is 448 g/mol. The molecule has 2 N–H and O–H groups in total. The van der Waals surface area contributed by atoms with Crippen molar-refractivity contribution < 1.29 is 18.4 Å². The highest BCUT2D eigenvalue weighted by molar-refractivity contribution is 6.09. The number of hydrazone groups is 1. The van der Waals surface area contributed by atoms with Crippen LogP contribution in [0.2, 0.25) is 0 Å². The molecule has 0 fully saturated rings. The minimum atomic E-state index is -0.432. The Morgan fingerprint density at radius 3 is 2.36 bits per heavy atom. The molecule has 0 spiro atoms. The fourth-order valence-electron chi connectivity index (χ4n) is 3.92. The van der Waals surface area contributed by atoms with E-state index in [9.17, 15) is 14.0 Å². The smallest absolute Gasteiger partial charge is 0.291 e. The minimum absolute atomic E-state index is 0.243. The Kier molecular flexibility index (Phi) is 6.40. The van der Waals surface area contributed by atoms with Crippen LogP contribution in [0.4, 0.5) is 10.1 Å². The molecule has 0 aliphatic heterocycles. The molecule has 2 amide bonds. The number of furan rings is 1. The Bertz CT molecular complexity index is 1210. The van der Waals surface area contributed by atoms with E-state index in [1.807, 2.05) is 31.2 Å². The van der Waals surface area contributed by atoms with Crippen molar-refractivity contribution in [3.05, 3.63) is 88.1 Å². The van der Waals surface area contributed by atoms with Gasteiger partial charge in [0.15, 0.2) is 5.76 Å². The van der Waals surface area contributed by atoms with Crippen LogP contribution in [-0.4, -0.2) is 17.5 Å². The molecular formula is C26H26FN3O3. The van der Waals surface area contributed by atoms with Crippen LogP contribution >= 0.6 is 0 Å². The highest BCUT2D eigenvalue weighted by Crippen LogP contribution is 2.30. The molecule has 0 bridgehead atoms. The van der Waals surface area contributed by atoms with E-state index in [4.69, 9.17) is 4.42 Å². The van der Waals surface area contributed by atoms with E-state index >= 15 is 0 Å². The third-order valence-corrected chi connectivity index (χ3v) is 5.77. The lowest BCUT2D eigenvalue weighted by Gasteiger charge is -2.13. The van der Waals surface area contributed by atoms with Crippen molar-refractivity contribution in [2.75, 3.05) is 5.32 Å². The Labute approximate surface area is 191 Å². The Morgan fingerprint density at radius 2 is 1.70 bits per heavy atom. The molecule has 1 aromatic heterocycles. The van der Waals surface area contributed by atoms with Gasteiger partial charge in [-0.1, -0.05) is 26.0 Å². The van der Waals surface area contributed by atoms with E-state index in [-0.39, 0.29) is 11.7 Å². The lowest BCUT2D eigenvalue weighted by molar-refractivity contribution is 0.0953. The van der Waals surface area contributed by atoms with Crippen LogP contribution < -0.4 is 10.7 Å². The summed E-state index contributed by atoms with van der Waals surface area (Å²) in [5, 5.41) is 7.19. The molecule has 3 aromatic rings. The van der Waals surface area contributed by atoms with E-state index in [0.29, 0.717) is 47.0 Å². The van der Waals surface area contributed by atoms with Crippen molar-refractivity contribution in [3.63, 3.8) is 0 Å². The van der Waals surface area contributed by atoms with Crippen LogP contribution in [0, 0.1) is 12.7 Å². The number of hydrogen-bond acceptors (Lipinski definition) is 4. The number of amides is 2. The first-order valence-corrected chi connectivity index (χ1v) is 11.0. The topological polar surface area (TPSA) is 83.7 Å². The van der Waals surface area contributed by atoms with Gasteiger partial charge < -0.3 is 9.73 Å². The molecule has 1 aliphatic carbocycles. The molecule has 2 aromatic carbocycles. The molecule has 4 rings (SSSR count). The summed E-state index contributed by atoms with van der Waals surface area (Å²) in [5.41, 5.74) is 6.85. The summed E-state index contributed by atoms with van der Waals surface area (Å²) < 4.78 is 19.0. The number of anilines is 1. The lowest BCUT2D eigenvalue weighted by atomic mass is 9.93. The predicted molar refractivity (Wildman–Crippen MR) is 125 cm³/mol. The van der Waals surface area contributed by atoms with Crippen molar-refractivity contribution in [2.45, 2.75) is 46.0 Å². The molecular weight excluding hydrogens is 421 g/mol. The van der Waals surface area contributed by atoms with Gasteiger partial charge in [0.2, 0.25) is 0 Å². The first-order chi connectivity index (χ1) is 15.8. The number of rotatable bonds is 5. The van der Waals surface area contributed by atoms with Crippen LogP contribution in [0.15, 0.2) is 58.0 Å². The van der Waals surface area contributed by atoms with Gasteiger partial charge in [-0.25, -0.2) is 9.82 Å². The summed E-state index contributed by atoms with van der Waals surface area (Å²) in [4.78, 5) is 25.3. The second-order valence-corrected chi connectivity index (χ2v) is 8.45. The summed E-state index contributed by atoms with van der Waals surface area (Å²) in [6.07, 6.45) is 2.13. The van der Waals surface area contributed by atoms with Gasteiger partial charge in [0.05, 0.1) is 5.71 Å². The molecule has 1 heterocycles. The quantitative estimate of drug-likeness (QED) is 0.501. The molecule has 170 valence electrons. The van der Waals surface area contributed by atoms with Crippen LogP contribution in [-0.2, 0) is 6.42 Å². The molecule has 0 atom stereocenters. The number of nitrogens with one attached hydrogen (secondary N) is 2. The predicted octanol–water partition coefficient (Wildman–Crippen LogP) is 5.57. The molecule has 0 unspecified atom stereocenters. The normalized spacial score (nSPS) is 14.3. The highest BCUT2D eigenvalue weighted by atomic mass is 19.1. The maximum absolute atomic E-state index is 13.1. The molecule has 7 heteroatoms. The maximum Gasteiger partial charge on any atom is 0.291 e. The summed E-state index contributed by atoms with van der Waals surface area (Å²) in [5.74, 6) is 0.175. The summed E-state index contributed by atoms with van der Waals surface area (Å²) in [7, 11) is 0. The minimum Gasteiger partial charge on any atom is -0.455 e. The number of benzene rings is 2. The first-order valence-electron chi connectivity index (χ1n) is 11.0. The van der Waals surface area contributed by atoms with Crippen molar-refractivity contribution in [1.29, 1.82) is 0 Å². The van der Waals surface area contributed by atoms with Crippen molar-refractivity contribution >= 4 is 23.2 Å². The van der Waals surface area contributed by atoms with Crippen molar-refractivity contribution in [3.8, 4) is 0 Å². The van der Waals surface area contributed by atoms with Gasteiger partial charge in [-0.2, -0.15) is 5.10 Å². The zero-order valence-electron chi connectivity index (χ0n) is 18.9. The molecule has 0 radical (unpaired) electrons. The maximum atomic E-state index is 13.1. The van der Waals surface area contributed by atoms with Gasteiger partial charge in [-0.15, -0.1) is 0 Å². The third-order valence-electron chi connectivity index (χ3n) is 5.77. The van der Waals surface area contributed by atoms with Crippen LogP contribution in [0.25, 0.3) is 0 Å². The SMILES string of the molecule is Cc1c(C(=O)Nc2ccc(C(C)C)cc2)oc2c1/C(=N/NC(=O)c1ccc(F)cc1)CCC2. The molecule has 0 saturated heterocycles. The first kappa shape index (κ1) is 22.5. The van der Waals surface area contributed by atoms with E-state index in [1.165, 1.54) is 29.8 Å². The molecule has 0 saturated carbocycles. The lowest BCUT2D eigenvalue weighted by Crippen LogP contribution is -2.22. The summed E-state index contributed by atoms with van der Waals surface area (Å²) in [6.45, 7) is 6.05. The van der Waals surface area contributed by atoms with E-state index in [1.54, 1.807) is 0 Å². The third kappa shape index (κ3) is 4.87. The van der Waals surface area contributed by atoms with E-state index in [0.717, 1.165) is 12.0 Å². The Balaban J connectivity index is 1.53. The van der Waals surface area contributed by atoms with Gasteiger partial charge >= 0.3 is 0 Å². The number of nitrogens with zero attached hydrogens (tertiary/aromatic N) is 1. The molecule has 6 nitrogen and oxygen atoms in total. The summed E-state index contributed by atoms with van der Waals surface area (Å²) >= 11 is 0. The zero-order chi connectivity index (χ0) is 23.5. The Morgan fingerprint density at radius 1 is 1.00 bits per heavy atom. The van der Waals surface area contributed by atoms with Crippen LogP contribution in [0.5, 0.6) is 0 Å². The van der Waals surface area contributed by atoms with Gasteiger partial charge in [-0.05, 0) is 67.6 Å². The molecule has 33 heavy (non-hydrogen) atoms. The number of halogens is 1. The van der Waals surface area contributed by atoms with Gasteiger partial charge in [0.1, 0.15) is 11.6 Å². The second kappa shape index (κ2) is 9.40. The average Bonchev–Trinajstić information content (AvgIpc) is 3.15. The second-order valence-electron chi connectivity index (χ2n) is 8.45. The number of carbonyl (C=O) groups excluding carboxylic acids is 2. The van der Waals surface area contributed by atoms with Gasteiger partial charge in [0.25, 0.3) is 11.8 Å². The summed E-state index contributed by atoms with van der Waals surface area (Å²) in [6, 6.07) is 13.0. The fraction of sp³-hybridized carbons (Fsp3) is 0.269. The highest BCUT2D eigenvalue weighted by Gasteiger charge is 2.28. The van der Waals surface area contributed by atoms with E-state index in [2.05, 4.69) is 29.7 Å².